The van der Waals surface area contributed by atoms with E-state index < -0.39 is 5.97 Å². The van der Waals surface area contributed by atoms with E-state index in [9.17, 15) is 9.59 Å². The summed E-state index contributed by atoms with van der Waals surface area (Å²) in [6.45, 7) is 3.90. The predicted molar refractivity (Wildman–Crippen MR) is 73.0 cm³/mol. The lowest BCUT2D eigenvalue weighted by Crippen LogP contribution is -2.34. The van der Waals surface area contributed by atoms with Crippen LogP contribution >= 0.6 is 0 Å². The third-order valence-corrected chi connectivity index (χ3v) is 3.36. The molecule has 0 radical (unpaired) electrons. The van der Waals surface area contributed by atoms with Gasteiger partial charge in [0.2, 0.25) is 0 Å². The lowest BCUT2D eigenvalue weighted by Gasteiger charge is -2.12. The Bertz CT molecular complexity index is 557. The molecule has 2 rings (SSSR count). The van der Waals surface area contributed by atoms with E-state index in [4.69, 9.17) is 5.11 Å². The first-order chi connectivity index (χ1) is 8.89. The molecule has 2 N–H and O–H groups in total. The Hall–Kier alpha value is -2.10. The van der Waals surface area contributed by atoms with Crippen LogP contribution in [-0.2, 0) is 4.79 Å². The SMILES string of the molecule is Cc1ccc(C(=O)NC2(C)CC2)cc1/C=C/C(=O)O. The van der Waals surface area contributed by atoms with Crippen LogP contribution in [0.5, 0.6) is 0 Å². The zero-order chi connectivity index (χ0) is 14.0. The minimum Gasteiger partial charge on any atom is -0.478 e. The van der Waals surface area contributed by atoms with Crippen LogP contribution in [0.2, 0.25) is 0 Å². The first kappa shape index (κ1) is 13.3. The summed E-state index contributed by atoms with van der Waals surface area (Å²) in [6, 6.07) is 5.30. The van der Waals surface area contributed by atoms with Crippen molar-refractivity contribution in [1.29, 1.82) is 0 Å². The minimum absolute atomic E-state index is 0.0565. The number of benzene rings is 1. The molecule has 1 aromatic rings. The summed E-state index contributed by atoms with van der Waals surface area (Å²) >= 11 is 0. The minimum atomic E-state index is -1.00. The van der Waals surface area contributed by atoms with Crippen LogP contribution < -0.4 is 5.32 Å². The summed E-state index contributed by atoms with van der Waals surface area (Å²) < 4.78 is 0. The Balaban J connectivity index is 2.20. The molecule has 4 heteroatoms. The number of aliphatic carboxylic acids is 1. The Kier molecular flexibility index (Phi) is 3.42. The first-order valence-electron chi connectivity index (χ1n) is 6.24. The van der Waals surface area contributed by atoms with Crippen molar-refractivity contribution in [1.82, 2.24) is 5.32 Å². The topological polar surface area (TPSA) is 66.4 Å². The highest BCUT2D eigenvalue weighted by Crippen LogP contribution is 2.34. The standard InChI is InChI=1S/C15H17NO3/c1-10-3-4-12(9-11(10)5-6-13(17)18)14(19)16-15(2)7-8-15/h3-6,9H,7-8H2,1-2H3,(H,16,19)(H,17,18)/b6-5+. The van der Waals surface area contributed by atoms with Gasteiger partial charge in [0.1, 0.15) is 0 Å². The van der Waals surface area contributed by atoms with Crippen molar-refractivity contribution in [2.45, 2.75) is 32.2 Å². The molecule has 0 saturated heterocycles. The van der Waals surface area contributed by atoms with Crippen molar-refractivity contribution >= 4 is 18.0 Å². The Morgan fingerprint density at radius 1 is 1.37 bits per heavy atom. The average molecular weight is 259 g/mol. The van der Waals surface area contributed by atoms with Gasteiger partial charge in [-0.3, -0.25) is 4.79 Å². The van der Waals surface area contributed by atoms with Crippen molar-refractivity contribution in [3.63, 3.8) is 0 Å². The fourth-order valence-electron chi connectivity index (χ4n) is 1.78. The van der Waals surface area contributed by atoms with Crippen molar-refractivity contribution in [2.24, 2.45) is 0 Å². The lowest BCUT2D eigenvalue weighted by molar-refractivity contribution is -0.131. The molecule has 0 atom stereocenters. The first-order valence-corrected chi connectivity index (χ1v) is 6.24. The quantitative estimate of drug-likeness (QED) is 0.816. The monoisotopic (exact) mass is 259 g/mol. The maximum Gasteiger partial charge on any atom is 0.328 e. The molecule has 1 aliphatic rings. The molecule has 0 heterocycles. The van der Waals surface area contributed by atoms with Gasteiger partial charge in [-0.2, -0.15) is 0 Å². The zero-order valence-electron chi connectivity index (χ0n) is 11.1. The van der Waals surface area contributed by atoms with Crippen LogP contribution in [0.15, 0.2) is 24.3 Å². The highest BCUT2D eigenvalue weighted by molar-refractivity contribution is 5.96. The maximum atomic E-state index is 12.1. The normalized spacial score (nSPS) is 16.3. The molecular weight excluding hydrogens is 242 g/mol. The number of aryl methyl sites for hydroxylation is 1. The Morgan fingerprint density at radius 2 is 2.05 bits per heavy atom. The van der Waals surface area contributed by atoms with E-state index in [-0.39, 0.29) is 11.4 Å². The second-order valence-electron chi connectivity index (χ2n) is 5.26. The molecule has 0 bridgehead atoms. The molecule has 1 fully saturated rings. The summed E-state index contributed by atoms with van der Waals surface area (Å²) in [5.74, 6) is -1.11. The molecule has 1 aliphatic carbocycles. The largest absolute Gasteiger partial charge is 0.478 e. The number of carbonyl (C=O) groups excluding carboxylic acids is 1. The van der Waals surface area contributed by atoms with E-state index in [1.54, 1.807) is 12.1 Å². The Labute approximate surface area is 112 Å². The predicted octanol–water partition coefficient (Wildman–Crippen LogP) is 2.38. The van der Waals surface area contributed by atoms with Gasteiger partial charge in [-0.25, -0.2) is 4.79 Å². The van der Waals surface area contributed by atoms with Crippen LogP contribution in [0, 0.1) is 6.92 Å². The molecule has 100 valence electrons. The number of rotatable bonds is 4. The molecule has 1 aromatic carbocycles. The third-order valence-electron chi connectivity index (χ3n) is 3.36. The van der Waals surface area contributed by atoms with Crippen molar-refractivity contribution in [3.05, 3.63) is 41.0 Å². The van der Waals surface area contributed by atoms with Crippen LogP contribution in [-0.4, -0.2) is 22.5 Å². The maximum absolute atomic E-state index is 12.1. The third kappa shape index (κ3) is 3.44. The van der Waals surface area contributed by atoms with Gasteiger partial charge in [-0.15, -0.1) is 0 Å². The van der Waals surface area contributed by atoms with E-state index in [0.717, 1.165) is 30.0 Å². The summed E-state index contributed by atoms with van der Waals surface area (Å²) in [6.07, 6.45) is 4.60. The van der Waals surface area contributed by atoms with Gasteiger partial charge in [0.25, 0.3) is 5.91 Å². The molecule has 0 unspecified atom stereocenters. The van der Waals surface area contributed by atoms with Crippen LogP contribution in [0.25, 0.3) is 6.08 Å². The van der Waals surface area contributed by atoms with E-state index in [2.05, 4.69) is 5.32 Å². The van der Waals surface area contributed by atoms with Crippen LogP contribution in [0.3, 0.4) is 0 Å². The van der Waals surface area contributed by atoms with Gasteiger partial charge in [-0.05, 0) is 56.0 Å². The molecule has 0 aliphatic heterocycles. The van der Waals surface area contributed by atoms with Gasteiger partial charge >= 0.3 is 5.97 Å². The fraction of sp³-hybridized carbons (Fsp3) is 0.333. The van der Waals surface area contributed by atoms with E-state index in [1.165, 1.54) is 6.08 Å². The smallest absolute Gasteiger partial charge is 0.328 e. The van der Waals surface area contributed by atoms with E-state index in [0.29, 0.717) is 5.56 Å². The summed E-state index contributed by atoms with van der Waals surface area (Å²) in [5.41, 5.74) is 2.19. The second-order valence-corrected chi connectivity index (χ2v) is 5.26. The van der Waals surface area contributed by atoms with Gasteiger partial charge in [0.15, 0.2) is 0 Å². The van der Waals surface area contributed by atoms with Crippen molar-refractivity contribution in [2.75, 3.05) is 0 Å². The molecule has 19 heavy (non-hydrogen) atoms. The Morgan fingerprint density at radius 3 is 2.63 bits per heavy atom. The van der Waals surface area contributed by atoms with Crippen molar-refractivity contribution < 1.29 is 14.7 Å². The van der Waals surface area contributed by atoms with E-state index >= 15 is 0 Å². The second kappa shape index (κ2) is 4.88. The molecule has 4 nitrogen and oxygen atoms in total. The highest BCUT2D eigenvalue weighted by Gasteiger charge is 2.38. The molecule has 0 aromatic heterocycles. The summed E-state index contributed by atoms with van der Waals surface area (Å²) in [7, 11) is 0. The zero-order valence-corrected chi connectivity index (χ0v) is 11.1. The number of carboxylic acid groups (broad SMARTS) is 1. The van der Waals surface area contributed by atoms with E-state index in [1.807, 2.05) is 19.9 Å². The highest BCUT2D eigenvalue weighted by atomic mass is 16.4. The molecular formula is C15H17NO3. The number of hydrogen-bond acceptors (Lipinski definition) is 2. The lowest BCUT2D eigenvalue weighted by atomic mass is 10.0. The number of amides is 1. The van der Waals surface area contributed by atoms with Gasteiger partial charge in [0.05, 0.1) is 0 Å². The number of carboxylic acids is 1. The number of hydrogen-bond donors (Lipinski definition) is 2. The summed E-state index contributed by atoms with van der Waals surface area (Å²) in [4.78, 5) is 22.6. The van der Waals surface area contributed by atoms with Crippen molar-refractivity contribution in [3.8, 4) is 0 Å². The van der Waals surface area contributed by atoms with Gasteiger partial charge in [0, 0.05) is 17.2 Å². The van der Waals surface area contributed by atoms with Crippen LogP contribution in [0.4, 0.5) is 0 Å². The molecule has 1 saturated carbocycles. The average Bonchev–Trinajstić information content (AvgIpc) is 3.05. The number of carbonyl (C=O) groups is 2. The fourth-order valence-corrected chi connectivity index (χ4v) is 1.78. The molecule has 1 amide bonds. The summed E-state index contributed by atoms with van der Waals surface area (Å²) in [5, 5.41) is 11.6. The number of nitrogens with one attached hydrogen (secondary N) is 1. The molecule has 0 spiro atoms. The van der Waals surface area contributed by atoms with Gasteiger partial charge < -0.3 is 10.4 Å². The van der Waals surface area contributed by atoms with Gasteiger partial charge in [-0.1, -0.05) is 6.07 Å². The van der Waals surface area contributed by atoms with Crippen LogP contribution in [0.1, 0.15) is 41.3 Å².